The summed E-state index contributed by atoms with van der Waals surface area (Å²) in [6.07, 6.45) is 0. The van der Waals surface area contributed by atoms with E-state index in [1.54, 1.807) is 0 Å². The van der Waals surface area contributed by atoms with Crippen molar-refractivity contribution in [2.75, 3.05) is 0 Å². The molecule has 0 bridgehead atoms. The van der Waals surface area contributed by atoms with Gasteiger partial charge in [0, 0.05) is 18.7 Å². The van der Waals surface area contributed by atoms with E-state index in [-0.39, 0.29) is 5.91 Å². The first-order valence-electron chi connectivity index (χ1n) is 6.58. The van der Waals surface area contributed by atoms with Crippen LogP contribution in [0.1, 0.15) is 32.6 Å². The van der Waals surface area contributed by atoms with E-state index < -0.39 is 0 Å². The van der Waals surface area contributed by atoms with Gasteiger partial charge >= 0.3 is 0 Å². The molecular formula is C17H17NO. The maximum atomic E-state index is 12.5. The van der Waals surface area contributed by atoms with Gasteiger partial charge in [-0.3, -0.25) is 4.79 Å². The first kappa shape index (κ1) is 12.0. The molecule has 2 heteroatoms. The minimum Gasteiger partial charge on any atom is -0.330 e. The molecule has 19 heavy (non-hydrogen) atoms. The predicted molar refractivity (Wildman–Crippen MR) is 75.9 cm³/mol. The fourth-order valence-corrected chi connectivity index (χ4v) is 2.53. The molecule has 0 radical (unpaired) electrons. The second kappa shape index (κ2) is 4.54. The number of fused-ring (bicyclic) bond motifs is 1. The van der Waals surface area contributed by atoms with Crippen LogP contribution in [0.15, 0.2) is 42.5 Å². The lowest BCUT2D eigenvalue weighted by atomic mass is 10.1. The molecule has 0 aliphatic carbocycles. The van der Waals surface area contributed by atoms with Gasteiger partial charge in [-0.1, -0.05) is 30.3 Å². The summed E-state index contributed by atoms with van der Waals surface area (Å²) in [4.78, 5) is 14.4. The summed E-state index contributed by atoms with van der Waals surface area (Å²) >= 11 is 0. The molecule has 0 unspecified atom stereocenters. The van der Waals surface area contributed by atoms with Gasteiger partial charge in [-0.05, 0) is 48.2 Å². The van der Waals surface area contributed by atoms with Crippen molar-refractivity contribution in [1.29, 1.82) is 0 Å². The van der Waals surface area contributed by atoms with Gasteiger partial charge in [-0.15, -0.1) is 0 Å². The van der Waals surface area contributed by atoms with Gasteiger partial charge < -0.3 is 4.90 Å². The summed E-state index contributed by atoms with van der Waals surface area (Å²) in [5.74, 6) is 0.124. The van der Waals surface area contributed by atoms with Crippen molar-refractivity contribution in [3.05, 3.63) is 70.3 Å². The van der Waals surface area contributed by atoms with Gasteiger partial charge in [-0.2, -0.15) is 0 Å². The van der Waals surface area contributed by atoms with E-state index in [1.165, 1.54) is 22.3 Å². The first-order chi connectivity index (χ1) is 9.15. The lowest BCUT2D eigenvalue weighted by molar-refractivity contribution is 0.0751. The van der Waals surface area contributed by atoms with E-state index in [2.05, 4.69) is 19.1 Å². The van der Waals surface area contributed by atoms with Crippen molar-refractivity contribution >= 4 is 5.91 Å². The Hall–Kier alpha value is -2.09. The third-order valence-corrected chi connectivity index (χ3v) is 3.88. The molecule has 1 aliphatic heterocycles. The summed E-state index contributed by atoms with van der Waals surface area (Å²) in [6.45, 7) is 5.56. The molecule has 0 saturated carbocycles. The molecule has 0 fully saturated rings. The van der Waals surface area contributed by atoms with Crippen LogP contribution in [-0.4, -0.2) is 10.8 Å². The maximum Gasteiger partial charge on any atom is 0.254 e. The van der Waals surface area contributed by atoms with E-state index in [1.807, 2.05) is 42.2 Å². The molecule has 2 aromatic carbocycles. The number of carbonyl (C=O) groups is 1. The van der Waals surface area contributed by atoms with Gasteiger partial charge in [0.25, 0.3) is 5.91 Å². The molecule has 1 aliphatic rings. The lowest BCUT2D eigenvalue weighted by Crippen LogP contribution is -2.25. The summed E-state index contributed by atoms with van der Waals surface area (Å²) in [7, 11) is 0. The topological polar surface area (TPSA) is 20.3 Å². The lowest BCUT2D eigenvalue weighted by Gasteiger charge is -2.16. The summed E-state index contributed by atoms with van der Waals surface area (Å²) < 4.78 is 0. The molecule has 3 rings (SSSR count). The van der Waals surface area contributed by atoms with Gasteiger partial charge in [0.1, 0.15) is 0 Å². The van der Waals surface area contributed by atoms with Crippen molar-refractivity contribution < 1.29 is 4.79 Å². The number of rotatable bonds is 1. The average Bonchev–Trinajstić information content (AvgIpc) is 2.85. The zero-order chi connectivity index (χ0) is 13.4. The first-order valence-corrected chi connectivity index (χ1v) is 6.58. The van der Waals surface area contributed by atoms with Gasteiger partial charge in [0.2, 0.25) is 0 Å². The molecule has 0 saturated heterocycles. The third kappa shape index (κ3) is 2.14. The molecule has 1 amide bonds. The number of benzene rings is 2. The van der Waals surface area contributed by atoms with Crippen LogP contribution in [0.2, 0.25) is 0 Å². The standard InChI is InChI=1S/C17H17NO/c1-12-7-8-14(9-13(12)2)17(19)18-10-15-5-3-4-6-16(15)11-18/h3-9H,10-11H2,1-2H3. The van der Waals surface area contributed by atoms with Crippen LogP contribution in [0.5, 0.6) is 0 Å². The SMILES string of the molecule is Cc1ccc(C(=O)N2Cc3ccccc3C2)cc1C. The Labute approximate surface area is 113 Å². The van der Waals surface area contributed by atoms with Crippen molar-refractivity contribution in [1.82, 2.24) is 4.90 Å². The van der Waals surface area contributed by atoms with Crippen molar-refractivity contribution in [2.45, 2.75) is 26.9 Å². The van der Waals surface area contributed by atoms with Crippen molar-refractivity contribution in [2.24, 2.45) is 0 Å². The van der Waals surface area contributed by atoms with Crippen LogP contribution in [0.25, 0.3) is 0 Å². The average molecular weight is 251 g/mol. The van der Waals surface area contributed by atoms with Crippen LogP contribution >= 0.6 is 0 Å². The molecule has 0 spiro atoms. The highest BCUT2D eigenvalue weighted by molar-refractivity contribution is 5.94. The Kier molecular flexibility index (Phi) is 2.86. The van der Waals surface area contributed by atoms with Crippen LogP contribution in [0.4, 0.5) is 0 Å². The highest BCUT2D eigenvalue weighted by Crippen LogP contribution is 2.24. The molecule has 0 atom stereocenters. The fourth-order valence-electron chi connectivity index (χ4n) is 2.53. The van der Waals surface area contributed by atoms with E-state index in [0.717, 1.165) is 18.7 Å². The van der Waals surface area contributed by atoms with E-state index in [0.29, 0.717) is 0 Å². The molecule has 1 heterocycles. The van der Waals surface area contributed by atoms with Crippen molar-refractivity contribution in [3.63, 3.8) is 0 Å². The maximum absolute atomic E-state index is 12.5. The van der Waals surface area contributed by atoms with Crippen LogP contribution in [0, 0.1) is 13.8 Å². The predicted octanol–water partition coefficient (Wildman–Crippen LogP) is 3.46. The molecule has 96 valence electrons. The van der Waals surface area contributed by atoms with Crippen LogP contribution in [0.3, 0.4) is 0 Å². The Bertz CT molecular complexity index is 620. The van der Waals surface area contributed by atoms with Crippen LogP contribution < -0.4 is 0 Å². The second-order valence-corrected chi connectivity index (χ2v) is 5.23. The van der Waals surface area contributed by atoms with Gasteiger partial charge in [0.05, 0.1) is 0 Å². The zero-order valence-electron chi connectivity index (χ0n) is 11.3. The van der Waals surface area contributed by atoms with Crippen LogP contribution in [-0.2, 0) is 13.1 Å². The molecule has 0 N–H and O–H groups in total. The zero-order valence-corrected chi connectivity index (χ0v) is 11.3. The highest BCUT2D eigenvalue weighted by atomic mass is 16.2. The van der Waals surface area contributed by atoms with E-state index in [4.69, 9.17) is 0 Å². The minimum absolute atomic E-state index is 0.124. The van der Waals surface area contributed by atoms with Gasteiger partial charge in [-0.25, -0.2) is 0 Å². The van der Waals surface area contributed by atoms with E-state index in [9.17, 15) is 4.79 Å². The van der Waals surface area contributed by atoms with Gasteiger partial charge in [0.15, 0.2) is 0 Å². The third-order valence-electron chi connectivity index (χ3n) is 3.88. The minimum atomic E-state index is 0.124. The summed E-state index contributed by atoms with van der Waals surface area (Å²) in [5.41, 5.74) is 5.71. The molecule has 2 aromatic rings. The normalized spacial score (nSPS) is 13.5. The summed E-state index contributed by atoms with van der Waals surface area (Å²) in [5, 5.41) is 0. The van der Waals surface area contributed by atoms with Crippen molar-refractivity contribution in [3.8, 4) is 0 Å². The number of nitrogens with zero attached hydrogens (tertiary/aromatic N) is 1. The Morgan fingerprint density at radius 1 is 0.947 bits per heavy atom. The number of hydrogen-bond donors (Lipinski definition) is 0. The summed E-state index contributed by atoms with van der Waals surface area (Å²) in [6, 6.07) is 14.2. The highest BCUT2D eigenvalue weighted by Gasteiger charge is 2.23. The Morgan fingerprint density at radius 2 is 1.58 bits per heavy atom. The smallest absolute Gasteiger partial charge is 0.254 e. The number of aryl methyl sites for hydroxylation is 2. The molecular weight excluding hydrogens is 234 g/mol. The fraction of sp³-hybridized carbons (Fsp3) is 0.235. The monoisotopic (exact) mass is 251 g/mol. The number of hydrogen-bond acceptors (Lipinski definition) is 1. The number of carbonyl (C=O) groups excluding carboxylic acids is 1. The molecule has 0 aromatic heterocycles. The Balaban J connectivity index is 1.85. The van der Waals surface area contributed by atoms with E-state index >= 15 is 0 Å². The second-order valence-electron chi connectivity index (χ2n) is 5.23. The largest absolute Gasteiger partial charge is 0.330 e. The quantitative estimate of drug-likeness (QED) is 0.760. The molecule has 2 nitrogen and oxygen atoms in total. The number of amides is 1. The Morgan fingerprint density at radius 3 is 2.16 bits per heavy atom.